The van der Waals surface area contributed by atoms with Crippen molar-refractivity contribution in [3.05, 3.63) is 45.7 Å². The van der Waals surface area contributed by atoms with Crippen LogP contribution >= 0.6 is 11.3 Å². The Morgan fingerprint density at radius 3 is 2.80 bits per heavy atom. The minimum Gasteiger partial charge on any atom is -0.392 e. The summed E-state index contributed by atoms with van der Waals surface area (Å²) < 4.78 is 39.8. The predicted octanol–water partition coefficient (Wildman–Crippen LogP) is 1.56. The number of sulfonamides is 1. The molecule has 0 atom stereocenters. The van der Waals surface area contributed by atoms with Crippen LogP contribution in [0.4, 0.5) is 4.39 Å². The average Bonchev–Trinajstić information content (AvgIpc) is 2.82. The number of aliphatic hydroxyl groups is 1. The van der Waals surface area contributed by atoms with Crippen LogP contribution in [0.5, 0.6) is 0 Å². The fraction of sp³-hybridized carbons (Fsp3) is 0.250. The smallest absolute Gasteiger partial charge is 0.241 e. The molecule has 20 heavy (non-hydrogen) atoms. The molecule has 0 aliphatic rings. The number of aromatic nitrogens is 1. The molecule has 1 aromatic carbocycles. The highest BCUT2D eigenvalue weighted by Gasteiger charge is 2.19. The number of hydrogen-bond acceptors (Lipinski definition) is 5. The number of nitrogens with one attached hydrogen (secondary N) is 1. The fourth-order valence-corrected chi connectivity index (χ4v) is 3.71. The Kier molecular flexibility index (Phi) is 4.48. The van der Waals surface area contributed by atoms with Gasteiger partial charge in [-0.05, 0) is 24.6 Å². The molecule has 0 saturated carbocycles. The maximum Gasteiger partial charge on any atom is 0.241 e. The van der Waals surface area contributed by atoms with E-state index in [1.807, 2.05) is 6.92 Å². The van der Waals surface area contributed by atoms with Gasteiger partial charge in [0.15, 0.2) is 0 Å². The summed E-state index contributed by atoms with van der Waals surface area (Å²) in [5, 5.41) is 9.97. The quantitative estimate of drug-likeness (QED) is 0.877. The third kappa shape index (κ3) is 3.40. The van der Waals surface area contributed by atoms with Gasteiger partial charge in [-0.25, -0.2) is 22.5 Å². The van der Waals surface area contributed by atoms with Gasteiger partial charge >= 0.3 is 0 Å². The van der Waals surface area contributed by atoms with Crippen molar-refractivity contribution in [1.82, 2.24) is 9.71 Å². The lowest BCUT2D eigenvalue weighted by atomic mass is 10.2. The van der Waals surface area contributed by atoms with E-state index in [0.717, 1.165) is 22.0 Å². The summed E-state index contributed by atoms with van der Waals surface area (Å²) in [5.74, 6) is -0.670. The number of thiazole rings is 1. The summed E-state index contributed by atoms with van der Waals surface area (Å²) in [6, 6.07) is 3.25. The Morgan fingerprint density at radius 2 is 2.20 bits per heavy atom. The van der Waals surface area contributed by atoms with Crippen molar-refractivity contribution in [2.45, 2.75) is 25.0 Å². The first kappa shape index (κ1) is 15.0. The molecular formula is C12H13FN2O3S2. The largest absolute Gasteiger partial charge is 0.392 e. The van der Waals surface area contributed by atoms with Crippen molar-refractivity contribution >= 4 is 21.4 Å². The van der Waals surface area contributed by atoms with Gasteiger partial charge in [-0.2, -0.15) is 0 Å². The van der Waals surface area contributed by atoms with E-state index in [4.69, 9.17) is 5.11 Å². The molecule has 2 N–H and O–H groups in total. The molecule has 0 bridgehead atoms. The maximum absolute atomic E-state index is 13.2. The first-order valence-corrected chi connectivity index (χ1v) is 8.02. The van der Waals surface area contributed by atoms with Crippen molar-refractivity contribution in [2.75, 3.05) is 0 Å². The standard InChI is InChI=1S/C12H13FN2O3S2/c1-8-14-5-11(19-8)6-15-20(17,18)12-4-10(13)3-2-9(12)7-16/h2-5,15-16H,6-7H2,1H3. The van der Waals surface area contributed by atoms with Gasteiger partial charge in [-0.15, -0.1) is 11.3 Å². The van der Waals surface area contributed by atoms with E-state index in [1.54, 1.807) is 6.20 Å². The molecule has 0 radical (unpaired) electrons. The van der Waals surface area contributed by atoms with Crippen LogP contribution in [0.15, 0.2) is 29.3 Å². The van der Waals surface area contributed by atoms with Crippen LogP contribution < -0.4 is 4.72 Å². The van der Waals surface area contributed by atoms with Crippen molar-refractivity contribution in [1.29, 1.82) is 0 Å². The highest BCUT2D eigenvalue weighted by Crippen LogP contribution is 2.18. The highest BCUT2D eigenvalue weighted by molar-refractivity contribution is 7.89. The number of aryl methyl sites for hydroxylation is 1. The maximum atomic E-state index is 13.2. The van der Waals surface area contributed by atoms with E-state index in [9.17, 15) is 12.8 Å². The van der Waals surface area contributed by atoms with Crippen LogP contribution in [0, 0.1) is 12.7 Å². The Morgan fingerprint density at radius 1 is 1.45 bits per heavy atom. The number of benzene rings is 1. The molecule has 0 unspecified atom stereocenters. The second-order valence-corrected chi connectivity index (χ2v) is 7.14. The number of aliphatic hydroxyl groups excluding tert-OH is 1. The topological polar surface area (TPSA) is 79.3 Å². The van der Waals surface area contributed by atoms with Crippen molar-refractivity contribution in [3.63, 3.8) is 0 Å². The normalized spacial score (nSPS) is 11.8. The molecule has 2 aromatic rings. The SMILES string of the molecule is Cc1ncc(CNS(=O)(=O)c2cc(F)ccc2CO)s1. The monoisotopic (exact) mass is 316 g/mol. The van der Waals surface area contributed by atoms with Gasteiger partial charge in [0.05, 0.1) is 16.5 Å². The van der Waals surface area contributed by atoms with Gasteiger partial charge < -0.3 is 5.11 Å². The Hall–Kier alpha value is -1.35. The first-order valence-electron chi connectivity index (χ1n) is 5.72. The molecule has 0 fully saturated rings. The molecule has 1 heterocycles. The molecule has 8 heteroatoms. The minimum atomic E-state index is -3.89. The van der Waals surface area contributed by atoms with Gasteiger partial charge in [-0.3, -0.25) is 0 Å². The van der Waals surface area contributed by atoms with E-state index in [-0.39, 0.29) is 17.0 Å². The van der Waals surface area contributed by atoms with E-state index >= 15 is 0 Å². The van der Waals surface area contributed by atoms with Gasteiger partial charge in [0.25, 0.3) is 0 Å². The number of nitrogens with zero attached hydrogens (tertiary/aromatic N) is 1. The lowest BCUT2D eigenvalue weighted by Crippen LogP contribution is -2.24. The van der Waals surface area contributed by atoms with E-state index in [1.165, 1.54) is 17.4 Å². The highest BCUT2D eigenvalue weighted by atomic mass is 32.2. The lowest BCUT2D eigenvalue weighted by Gasteiger charge is -2.09. The minimum absolute atomic E-state index is 0.0786. The molecule has 0 spiro atoms. The average molecular weight is 316 g/mol. The van der Waals surface area contributed by atoms with Crippen LogP contribution in [0.2, 0.25) is 0 Å². The third-order valence-electron chi connectivity index (χ3n) is 2.59. The molecule has 5 nitrogen and oxygen atoms in total. The summed E-state index contributed by atoms with van der Waals surface area (Å²) >= 11 is 1.38. The molecule has 0 amide bonds. The molecule has 108 valence electrons. The van der Waals surface area contributed by atoms with Gasteiger partial charge in [0.1, 0.15) is 5.82 Å². The Bertz CT molecular complexity index is 713. The molecule has 2 rings (SSSR count). The number of halogens is 1. The van der Waals surface area contributed by atoms with E-state index in [2.05, 4.69) is 9.71 Å². The second-order valence-electron chi connectivity index (χ2n) is 4.08. The van der Waals surface area contributed by atoms with Crippen LogP contribution in [0.1, 0.15) is 15.4 Å². The molecule has 0 saturated heterocycles. The molecule has 0 aliphatic heterocycles. The van der Waals surface area contributed by atoms with Crippen molar-refractivity contribution in [3.8, 4) is 0 Å². The predicted molar refractivity (Wildman–Crippen MR) is 73.2 cm³/mol. The van der Waals surface area contributed by atoms with Crippen LogP contribution in [0.3, 0.4) is 0 Å². The molecular weight excluding hydrogens is 303 g/mol. The molecule has 0 aliphatic carbocycles. The van der Waals surface area contributed by atoms with E-state index < -0.39 is 22.4 Å². The first-order chi connectivity index (χ1) is 9.42. The third-order valence-corrected chi connectivity index (χ3v) is 4.99. The summed E-state index contributed by atoms with van der Waals surface area (Å²) in [7, 11) is -3.89. The van der Waals surface area contributed by atoms with Gasteiger partial charge in [-0.1, -0.05) is 6.07 Å². The fourth-order valence-electron chi connectivity index (χ4n) is 1.64. The Balaban J connectivity index is 2.24. The lowest BCUT2D eigenvalue weighted by molar-refractivity contribution is 0.278. The second kappa shape index (κ2) is 5.96. The molecule has 1 aromatic heterocycles. The van der Waals surface area contributed by atoms with Crippen molar-refractivity contribution in [2.24, 2.45) is 0 Å². The number of rotatable bonds is 5. The van der Waals surface area contributed by atoms with Gasteiger partial charge in [0, 0.05) is 17.6 Å². The summed E-state index contributed by atoms with van der Waals surface area (Å²) in [6.45, 7) is 1.42. The van der Waals surface area contributed by atoms with Gasteiger partial charge in [0.2, 0.25) is 10.0 Å². The zero-order valence-corrected chi connectivity index (χ0v) is 12.3. The zero-order valence-electron chi connectivity index (χ0n) is 10.6. The summed E-state index contributed by atoms with van der Waals surface area (Å²) in [5.41, 5.74) is 0.152. The summed E-state index contributed by atoms with van der Waals surface area (Å²) in [4.78, 5) is 4.53. The Labute approximate surface area is 120 Å². The van der Waals surface area contributed by atoms with Crippen LogP contribution in [-0.4, -0.2) is 18.5 Å². The summed E-state index contributed by atoms with van der Waals surface area (Å²) in [6.07, 6.45) is 1.58. The van der Waals surface area contributed by atoms with Crippen LogP contribution in [0.25, 0.3) is 0 Å². The zero-order chi connectivity index (χ0) is 14.8. The van der Waals surface area contributed by atoms with Crippen LogP contribution in [-0.2, 0) is 23.2 Å². The number of hydrogen-bond donors (Lipinski definition) is 2. The van der Waals surface area contributed by atoms with E-state index in [0.29, 0.717) is 0 Å². The van der Waals surface area contributed by atoms with Crippen molar-refractivity contribution < 1.29 is 17.9 Å².